The van der Waals surface area contributed by atoms with Gasteiger partial charge in [-0.05, 0) is 43.2 Å². The Morgan fingerprint density at radius 1 is 1.12 bits per heavy atom. The number of benzene rings is 2. The lowest BCUT2D eigenvalue weighted by Gasteiger charge is -2.29. The van der Waals surface area contributed by atoms with Crippen LogP contribution in [0.15, 0.2) is 59.8 Å². The third kappa shape index (κ3) is 3.54. The van der Waals surface area contributed by atoms with Crippen molar-refractivity contribution < 1.29 is 14.3 Å². The van der Waals surface area contributed by atoms with E-state index in [0.717, 1.165) is 16.8 Å². The molecular formula is C20H21N3O3. The van der Waals surface area contributed by atoms with Gasteiger partial charge in [0.05, 0.1) is 18.7 Å². The number of urea groups is 1. The summed E-state index contributed by atoms with van der Waals surface area (Å²) in [5.41, 5.74) is 3.45. The van der Waals surface area contributed by atoms with Crippen molar-refractivity contribution in [2.45, 2.75) is 19.9 Å². The van der Waals surface area contributed by atoms with Crippen LogP contribution in [0.3, 0.4) is 0 Å². The van der Waals surface area contributed by atoms with Gasteiger partial charge in [0.1, 0.15) is 5.75 Å². The van der Waals surface area contributed by atoms with E-state index in [0.29, 0.717) is 17.0 Å². The van der Waals surface area contributed by atoms with Crippen molar-refractivity contribution in [2.75, 3.05) is 12.4 Å². The Labute approximate surface area is 152 Å². The highest BCUT2D eigenvalue weighted by atomic mass is 16.5. The Balaban J connectivity index is 1.97. The lowest BCUT2D eigenvalue weighted by molar-refractivity contribution is -0.113. The number of anilines is 1. The smallest absolute Gasteiger partial charge is 0.319 e. The van der Waals surface area contributed by atoms with Crippen LogP contribution in [0.5, 0.6) is 5.75 Å². The van der Waals surface area contributed by atoms with E-state index in [9.17, 15) is 9.59 Å². The van der Waals surface area contributed by atoms with E-state index in [4.69, 9.17) is 4.74 Å². The summed E-state index contributed by atoms with van der Waals surface area (Å²) in [6, 6.07) is 13.9. The molecule has 1 heterocycles. The van der Waals surface area contributed by atoms with E-state index in [2.05, 4.69) is 16.0 Å². The van der Waals surface area contributed by atoms with Gasteiger partial charge in [-0.25, -0.2) is 4.79 Å². The van der Waals surface area contributed by atoms with Crippen molar-refractivity contribution in [3.8, 4) is 5.75 Å². The molecule has 0 unspecified atom stereocenters. The maximum absolute atomic E-state index is 13.0. The van der Waals surface area contributed by atoms with Crippen molar-refractivity contribution in [3.63, 3.8) is 0 Å². The lowest BCUT2D eigenvalue weighted by atomic mass is 9.94. The Kier molecular flexibility index (Phi) is 4.93. The number of ether oxygens (including phenoxy) is 1. The molecule has 1 atom stereocenters. The summed E-state index contributed by atoms with van der Waals surface area (Å²) in [5, 5.41) is 8.43. The molecule has 0 saturated carbocycles. The van der Waals surface area contributed by atoms with Crippen molar-refractivity contribution in [2.24, 2.45) is 0 Å². The van der Waals surface area contributed by atoms with Crippen molar-refractivity contribution in [3.05, 3.63) is 70.9 Å². The Morgan fingerprint density at radius 2 is 1.88 bits per heavy atom. The standard InChI is InChI=1S/C20H21N3O3/c1-12-7-4-5-10-16(12)22-19(24)17-13(2)21-20(25)23-18(17)14-8-6-9-15(11-14)26-3/h4-11,18H,1-3H3,(H,22,24)(H2,21,23,25)/t18-/m0/s1. The Bertz CT molecular complexity index is 889. The molecule has 1 aliphatic rings. The fourth-order valence-corrected chi connectivity index (χ4v) is 2.97. The number of methoxy groups -OCH3 is 1. The van der Waals surface area contributed by atoms with Crippen molar-refractivity contribution in [1.29, 1.82) is 0 Å². The van der Waals surface area contributed by atoms with E-state index in [-0.39, 0.29) is 11.9 Å². The van der Waals surface area contributed by atoms with Crippen LogP contribution in [0.2, 0.25) is 0 Å². The normalized spacial score (nSPS) is 16.6. The number of nitrogens with one attached hydrogen (secondary N) is 3. The summed E-state index contributed by atoms with van der Waals surface area (Å²) >= 11 is 0. The van der Waals surface area contributed by atoms with Gasteiger partial charge in [-0.3, -0.25) is 4.79 Å². The van der Waals surface area contributed by atoms with Gasteiger partial charge in [0.2, 0.25) is 0 Å². The highest BCUT2D eigenvalue weighted by molar-refractivity contribution is 6.07. The van der Waals surface area contributed by atoms with Gasteiger partial charge >= 0.3 is 6.03 Å². The molecule has 0 spiro atoms. The minimum atomic E-state index is -0.567. The largest absolute Gasteiger partial charge is 0.497 e. The van der Waals surface area contributed by atoms with E-state index < -0.39 is 6.04 Å². The lowest BCUT2D eigenvalue weighted by Crippen LogP contribution is -2.46. The van der Waals surface area contributed by atoms with Gasteiger partial charge < -0.3 is 20.7 Å². The number of carbonyl (C=O) groups excluding carboxylic acids is 2. The van der Waals surface area contributed by atoms with Gasteiger partial charge in [0.15, 0.2) is 0 Å². The van der Waals surface area contributed by atoms with Gasteiger partial charge in [-0.15, -0.1) is 0 Å². The minimum absolute atomic E-state index is 0.267. The van der Waals surface area contributed by atoms with Crippen molar-refractivity contribution >= 4 is 17.6 Å². The van der Waals surface area contributed by atoms with Gasteiger partial charge in [-0.1, -0.05) is 30.3 Å². The summed E-state index contributed by atoms with van der Waals surface area (Å²) in [6.45, 7) is 3.65. The molecule has 3 N–H and O–H groups in total. The van der Waals surface area contributed by atoms with Crippen LogP contribution in [0.25, 0.3) is 0 Å². The molecule has 3 rings (SSSR count). The second-order valence-electron chi connectivity index (χ2n) is 6.12. The molecule has 0 fully saturated rings. The summed E-state index contributed by atoms with van der Waals surface area (Å²) in [4.78, 5) is 25.0. The topological polar surface area (TPSA) is 79.5 Å². The average Bonchev–Trinajstić information content (AvgIpc) is 2.63. The Hall–Kier alpha value is -3.28. The average molecular weight is 351 g/mol. The quantitative estimate of drug-likeness (QED) is 0.791. The monoisotopic (exact) mass is 351 g/mol. The number of carbonyl (C=O) groups is 2. The molecule has 1 aliphatic heterocycles. The third-order valence-corrected chi connectivity index (χ3v) is 4.33. The zero-order valence-electron chi connectivity index (χ0n) is 14.9. The number of para-hydroxylation sites is 1. The number of hydrogen-bond acceptors (Lipinski definition) is 3. The molecule has 6 heteroatoms. The molecule has 26 heavy (non-hydrogen) atoms. The highest BCUT2D eigenvalue weighted by Gasteiger charge is 2.31. The molecule has 0 aromatic heterocycles. The predicted molar refractivity (Wildman–Crippen MR) is 99.9 cm³/mol. The molecule has 0 saturated heterocycles. The molecule has 0 radical (unpaired) electrons. The summed E-state index contributed by atoms with van der Waals surface area (Å²) < 4.78 is 5.26. The molecule has 0 aliphatic carbocycles. The van der Waals surface area contributed by atoms with Gasteiger partial charge in [0.25, 0.3) is 5.91 Å². The second kappa shape index (κ2) is 7.31. The first-order valence-corrected chi connectivity index (χ1v) is 8.29. The molecule has 6 nitrogen and oxygen atoms in total. The Morgan fingerprint density at radius 3 is 2.62 bits per heavy atom. The molecule has 2 aromatic rings. The number of hydrogen-bond donors (Lipinski definition) is 3. The fraction of sp³-hybridized carbons (Fsp3) is 0.200. The summed E-state index contributed by atoms with van der Waals surface area (Å²) in [6.07, 6.45) is 0. The first kappa shape index (κ1) is 17.5. The number of aryl methyl sites for hydroxylation is 1. The number of amides is 3. The van der Waals surface area contributed by atoms with Crippen LogP contribution in [-0.4, -0.2) is 19.0 Å². The zero-order valence-corrected chi connectivity index (χ0v) is 14.9. The van der Waals surface area contributed by atoms with Crippen molar-refractivity contribution in [1.82, 2.24) is 10.6 Å². The van der Waals surface area contributed by atoms with Crippen LogP contribution in [-0.2, 0) is 4.79 Å². The molecular weight excluding hydrogens is 330 g/mol. The van der Waals surface area contributed by atoms with E-state index in [1.807, 2.05) is 55.5 Å². The van der Waals surface area contributed by atoms with Crippen LogP contribution < -0.4 is 20.7 Å². The minimum Gasteiger partial charge on any atom is -0.497 e. The highest BCUT2D eigenvalue weighted by Crippen LogP contribution is 2.30. The third-order valence-electron chi connectivity index (χ3n) is 4.33. The van der Waals surface area contributed by atoms with Crippen LogP contribution in [0.4, 0.5) is 10.5 Å². The summed E-state index contributed by atoms with van der Waals surface area (Å²) in [5.74, 6) is 0.392. The first-order valence-electron chi connectivity index (χ1n) is 8.29. The van der Waals surface area contributed by atoms with Crippen LogP contribution in [0, 0.1) is 6.92 Å². The maximum Gasteiger partial charge on any atom is 0.319 e. The fourth-order valence-electron chi connectivity index (χ4n) is 2.97. The maximum atomic E-state index is 13.0. The summed E-state index contributed by atoms with van der Waals surface area (Å²) in [7, 11) is 1.58. The van der Waals surface area contributed by atoms with Crippen LogP contribution in [0.1, 0.15) is 24.1 Å². The SMILES string of the molecule is COc1cccc([C@@H]2NC(=O)NC(C)=C2C(=O)Nc2ccccc2C)c1. The first-order chi connectivity index (χ1) is 12.5. The second-order valence-corrected chi connectivity index (χ2v) is 6.12. The number of allylic oxidation sites excluding steroid dienone is 1. The molecule has 134 valence electrons. The molecule has 2 aromatic carbocycles. The van der Waals surface area contributed by atoms with Gasteiger partial charge in [-0.2, -0.15) is 0 Å². The van der Waals surface area contributed by atoms with Gasteiger partial charge in [0, 0.05) is 11.4 Å². The predicted octanol–water partition coefficient (Wildman–Crippen LogP) is 3.27. The van der Waals surface area contributed by atoms with Crippen LogP contribution >= 0.6 is 0 Å². The molecule has 0 bridgehead atoms. The van der Waals surface area contributed by atoms with E-state index in [1.54, 1.807) is 14.0 Å². The zero-order chi connectivity index (χ0) is 18.7. The van der Waals surface area contributed by atoms with E-state index >= 15 is 0 Å². The van der Waals surface area contributed by atoms with E-state index in [1.165, 1.54) is 0 Å². The number of rotatable bonds is 4. The molecule has 3 amide bonds.